The molecular formula is C22H24N4O4S. The van der Waals surface area contributed by atoms with Crippen molar-refractivity contribution in [2.24, 2.45) is 0 Å². The highest BCUT2D eigenvalue weighted by atomic mass is 32.1. The molecule has 31 heavy (non-hydrogen) atoms. The van der Waals surface area contributed by atoms with Gasteiger partial charge in [-0.1, -0.05) is 30.3 Å². The summed E-state index contributed by atoms with van der Waals surface area (Å²) in [4.78, 5) is 24.8. The zero-order chi connectivity index (χ0) is 22.1. The quantitative estimate of drug-likeness (QED) is 0.283. The third-order valence-electron chi connectivity index (χ3n) is 4.36. The van der Waals surface area contributed by atoms with Gasteiger partial charge in [0.1, 0.15) is 18.9 Å². The molecule has 3 rings (SSSR count). The standard InChI is InChI=1S/C22H24N4O4S/c1-2-29-13-14-30-19-10-6-4-8-17(19)21(28)23-22(31)25-24-20(27)15-26-12-11-16-7-3-5-9-18(16)26/h3-12H,2,13-15H2,1H3,(H,24,27)(H2,23,25,28,31). The molecule has 3 aromatic rings. The highest BCUT2D eigenvalue weighted by Crippen LogP contribution is 2.18. The number of ether oxygens (including phenoxy) is 2. The minimum atomic E-state index is -0.449. The van der Waals surface area contributed by atoms with Crippen molar-refractivity contribution < 1.29 is 19.1 Å². The van der Waals surface area contributed by atoms with E-state index in [0.29, 0.717) is 31.1 Å². The van der Waals surface area contributed by atoms with Crippen molar-refractivity contribution in [1.82, 2.24) is 20.7 Å². The molecule has 0 radical (unpaired) electrons. The Labute approximate surface area is 185 Å². The van der Waals surface area contributed by atoms with Crippen LogP contribution in [-0.2, 0) is 16.1 Å². The lowest BCUT2D eigenvalue weighted by molar-refractivity contribution is -0.122. The highest BCUT2D eigenvalue weighted by molar-refractivity contribution is 7.80. The van der Waals surface area contributed by atoms with Crippen LogP contribution in [0.3, 0.4) is 0 Å². The summed E-state index contributed by atoms with van der Waals surface area (Å²) in [5, 5.41) is 3.55. The van der Waals surface area contributed by atoms with E-state index in [2.05, 4.69) is 16.2 Å². The van der Waals surface area contributed by atoms with Gasteiger partial charge in [0, 0.05) is 18.3 Å². The molecule has 0 unspecified atom stereocenters. The van der Waals surface area contributed by atoms with Gasteiger partial charge in [-0.2, -0.15) is 0 Å². The fourth-order valence-corrected chi connectivity index (χ4v) is 3.08. The normalized spacial score (nSPS) is 10.5. The van der Waals surface area contributed by atoms with Crippen LogP contribution in [0.15, 0.2) is 60.8 Å². The molecule has 0 spiro atoms. The van der Waals surface area contributed by atoms with Gasteiger partial charge in [-0.15, -0.1) is 0 Å². The Morgan fingerprint density at radius 1 is 1.00 bits per heavy atom. The molecule has 8 nitrogen and oxygen atoms in total. The molecule has 0 saturated carbocycles. The SMILES string of the molecule is CCOCCOc1ccccc1C(=O)NC(=S)NNC(=O)Cn1ccc2ccccc21. The van der Waals surface area contributed by atoms with E-state index >= 15 is 0 Å². The maximum absolute atomic E-state index is 12.5. The number of benzene rings is 2. The van der Waals surface area contributed by atoms with E-state index in [-0.39, 0.29) is 17.6 Å². The van der Waals surface area contributed by atoms with Gasteiger partial charge in [0.15, 0.2) is 5.11 Å². The van der Waals surface area contributed by atoms with Gasteiger partial charge in [0.2, 0.25) is 0 Å². The minimum absolute atomic E-state index is 0.0279. The monoisotopic (exact) mass is 440 g/mol. The second kappa shape index (κ2) is 11.1. The van der Waals surface area contributed by atoms with Crippen LogP contribution in [0.25, 0.3) is 10.9 Å². The van der Waals surface area contributed by atoms with E-state index in [1.54, 1.807) is 24.3 Å². The Hall–Kier alpha value is -3.43. The number of fused-ring (bicyclic) bond motifs is 1. The van der Waals surface area contributed by atoms with Crippen molar-refractivity contribution in [3.8, 4) is 5.75 Å². The van der Waals surface area contributed by atoms with E-state index in [0.717, 1.165) is 10.9 Å². The Kier molecular flexibility index (Phi) is 7.97. The van der Waals surface area contributed by atoms with Crippen LogP contribution in [0, 0.1) is 0 Å². The topological polar surface area (TPSA) is 93.6 Å². The molecule has 1 aromatic heterocycles. The summed E-state index contributed by atoms with van der Waals surface area (Å²) in [5.41, 5.74) is 6.32. The lowest BCUT2D eigenvalue weighted by atomic mass is 10.2. The fourth-order valence-electron chi connectivity index (χ4n) is 2.94. The summed E-state index contributed by atoms with van der Waals surface area (Å²) in [6, 6.07) is 16.5. The number of hydrogen-bond donors (Lipinski definition) is 3. The Morgan fingerprint density at radius 3 is 2.61 bits per heavy atom. The van der Waals surface area contributed by atoms with Gasteiger partial charge in [0.25, 0.3) is 11.8 Å². The van der Waals surface area contributed by atoms with Crippen LogP contribution in [0.4, 0.5) is 0 Å². The molecule has 0 fully saturated rings. The molecule has 2 amide bonds. The van der Waals surface area contributed by atoms with Crippen molar-refractivity contribution in [1.29, 1.82) is 0 Å². The zero-order valence-corrected chi connectivity index (χ0v) is 17.9. The van der Waals surface area contributed by atoms with Gasteiger partial charge in [-0.05, 0) is 48.8 Å². The molecule has 3 N–H and O–H groups in total. The molecular weight excluding hydrogens is 416 g/mol. The molecule has 0 aliphatic carbocycles. The van der Waals surface area contributed by atoms with Crippen LogP contribution >= 0.6 is 12.2 Å². The smallest absolute Gasteiger partial charge is 0.261 e. The fraction of sp³-hybridized carbons (Fsp3) is 0.227. The summed E-state index contributed by atoms with van der Waals surface area (Å²) < 4.78 is 12.7. The molecule has 0 saturated heterocycles. The third kappa shape index (κ3) is 6.27. The number of nitrogens with zero attached hydrogens (tertiary/aromatic N) is 1. The average molecular weight is 441 g/mol. The first-order valence-electron chi connectivity index (χ1n) is 9.82. The van der Waals surface area contributed by atoms with E-state index in [1.807, 2.05) is 48.0 Å². The van der Waals surface area contributed by atoms with Crippen molar-refractivity contribution in [2.45, 2.75) is 13.5 Å². The summed E-state index contributed by atoms with van der Waals surface area (Å²) in [6.07, 6.45) is 1.84. The van der Waals surface area contributed by atoms with Gasteiger partial charge in [0.05, 0.1) is 12.2 Å². The molecule has 0 bridgehead atoms. The highest BCUT2D eigenvalue weighted by Gasteiger charge is 2.14. The Balaban J connectivity index is 1.49. The predicted molar refractivity (Wildman–Crippen MR) is 122 cm³/mol. The first-order valence-corrected chi connectivity index (χ1v) is 10.2. The number of para-hydroxylation sites is 2. The van der Waals surface area contributed by atoms with E-state index < -0.39 is 5.91 Å². The van der Waals surface area contributed by atoms with Crippen molar-refractivity contribution in [3.63, 3.8) is 0 Å². The van der Waals surface area contributed by atoms with Crippen LogP contribution in [0.1, 0.15) is 17.3 Å². The number of carbonyl (C=O) groups is 2. The number of hydrazine groups is 1. The molecule has 0 atom stereocenters. The summed E-state index contributed by atoms with van der Waals surface area (Å²) in [7, 11) is 0. The second-order valence-corrected chi connectivity index (χ2v) is 6.91. The lowest BCUT2D eigenvalue weighted by Gasteiger charge is -2.14. The van der Waals surface area contributed by atoms with E-state index in [9.17, 15) is 9.59 Å². The van der Waals surface area contributed by atoms with Crippen molar-refractivity contribution in [3.05, 3.63) is 66.4 Å². The number of aromatic nitrogens is 1. The Morgan fingerprint density at radius 2 is 1.77 bits per heavy atom. The largest absolute Gasteiger partial charge is 0.490 e. The molecule has 9 heteroatoms. The van der Waals surface area contributed by atoms with Gasteiger partial charge in [-0.3, -0.25) is 25.8 Å². The summed E-state index contributed by atoms with van der Waals surface area (Å²) in [6.45, 7) is 3.35. The number of carbonyl (C=O) groups excluding carboxylic acids is 2. The van der Waals surface area contributed by atoms with Crippen molar-refractivity contribution >= 4 is 40.0 Å². The van der Waals surface area contributed by atoms with Gasteiger partial charge >= 0.3 is 0 Å². The maximum atomic E-state index is 12.5. The average Bonchev–Trinajstić information content (AvgIpc) is 3.18. The van der Waals surface area contributed by atoms with Gasteiger partial charge < -0.3 is 14.0 Å². The molecule has 0 aliphatic heterocycles. The number of nitrogens with one attached hydrogen (secondary N) is 3. The minimum Gasteiger partial charge on any atom is -0.490 e. The maximum Gasteiger partial charge on any atom is 0.261 e. The number of thiocarbonyl (C=S) groups is 1. The number of rotatable bonds is 8. The third-order valence-corrected chi connectivity index (χ3v) is 4.56. The molecule has 162 valence electrons. The predicted octanol–water partition coefficient (Wildman–Crippen LogP) is 2.39. The number of amides is 2. The summed E-state index contributed by atoms with van der Waals surface area (Å²) >= 11 is 5.11. The number of hydrogen-bond acceptors (Lipinski definition) is 5. The molecule has 0 aliphatic rings. The van der Waals surface area contributed by atoms with Crippen LogP contribution in [0.2, 0.25) is 0 Å². The van der Waals surface area contributed by atoms with Crippen molar-refractivity contribution in [2.75, 3.05) is 19.8 Å². The lowest BCUT2D eigenvalue weighted by Crippen LogP contribution is -2.49. The second-order valence-electron chi connectivity index (χ2n) is 6.50. The summed E-state index contributed by atoms with van der Waals surface area (Å²) in [5.74, 6) is -0.334. The van der Waals surface area contributed by atoms with E-state index in [1.165, 1.54) is 0 Å². The first kappa shape index (κ1) is 22.3. The molecule has 2 aromatic carbocycles. The van der Waals surface area contributed by atoms with Crippen LogP contribution in [0.5, 0.6) is 5.75 Å². The van der Waals surface area contributed by atoms with Crippen LogP contribution in [-0.4, -0.2) is 41.3 Å². The van der Waals surface area contributed by atoms with Crippen LogP contribution < -0.4 is 20.9 Å². The van der Waals surface area contributed by atoms with Gasteiger partial charge in [-0.25, -0.2) is 0 Å². The molecule has 1 heterocycles. The van der Waals surface area contributed by atoms with E-state index in [4.69, 9.17) is 21.7 Å². The first-order chi connectivity index (χ1) is 15.1. The Bertz CT molecular complexity index is 1070. The zero-order valence-electron chi connectivity index (χ0n) is 17.1.